The maximum atomic E-state index is 15.4. The first kappa shape index (κ1) is 27.2. The normalized spacial score (nSPS) is 15.9. The molecule has 1 aliphatic rings. The lowest BCUT2D eigenvalue weighted by Gasteiger charge is -2.33. The van der Waals surface area contributed by atoms with E-state index in [1.165, 1.54) is 18.3 Å². The lowest BCUT2D eigenvalue weighted by Crippen LogP contribution is -2.39. The molecule has 0 amide bonds. The molecule has 5 rings (SSSR count). The van der Waals surface area contributed by atoms with Crippen molar-refractivity contribution in [3.05, 3.63) is 75.4 Å². The van der Waals surface area contributed by atoms with Gasteiger partial charge in [0.25, 0.3) is 0 Å². The van der Waals surface area contributed by atoms with Gasteiger partial charge in [0.1, 0.15) is 25.4 Å². The van der Waals surface area contributed by atoms with Gasteiger partial charge in [-0.2, -0.15) is 5.26 Å². The zero-order valence-electron chi connectivity index (χ0n) is 22.1. The highest BCUT2D eigenvalue weighted by molar-refractivity contribution is 6.36. The number of aromatic nitrogens is 4. The first-order chi connectivity index (χ1) is 18.3. The highest BCUT2D eigenvalue weighted by Gasteiger charge is 2.43. The topological polar surface area (TPSA) is 91.5 Å². The summed E-state index contributed by atoms with van der Waals surface area (Å²) >= 11 is 13.2. The highest BCUT2D eigenvalue weighted by Crippen LogP contribution is 2.44. The van der Waals surface area contributed by atoms with Gasteiger partial charge in [0.15, 0.2) is 0 Å². The average Bonchev–Trinajstić information content (AvgIpc) is 3.39. The number of benzene rings is 2. The fraction of sp³-hybridized carbons (Fsp3) is 0.357. The molecule has 1 aliphatic carbocycles. The van der Waals surface area contributed by atoms with Crippen molar-refractivity contribution >= 4 is 53.3 Å². The van der Waals surface area contributed by atoms with Crippen molar-refractivity contribution in [2.24, 2.45) is 5.41 Å². The molecule has 1 unspecified atom stereocenters. The lowest BCUT2D eigenvalue weighted by molar-refractivity contribution is 0.443. The number of fused-ring (bicyclic) bond motifs is 1. The molecule has 198 valence electrons. The lowest BCUT2D eigenvalue weighted by atomic mass is 9.69. The van der Waals surface area contributed by atoms with E-state index in [4.69, 9.17) is 31.0 Å². The summed E-state index contributed by atoms with van der Waals surface area (Å²) < 4.78 is 17.1. The van der Waals surface area contributed by atoms with Crippen molar-refractivity contribution in [3.63, 3.8) is 0 Å². The maximum Gasteiger partial charge on any atom is 0.129 e. The first-order valence-corrected chi connectivity index (χ1v) is 13.3. The molecule has 0 saturated heterocycles. The zero-order chi connectivity index (χ0) is 28.2. The molecule has 2 heterocycles. The second-order valence-corrected chi connectivity index (χ2v) is 12.3. The summed E-state index contributed by atoms with van der Waals surface area (Å²) in [7, 11) is 6.98. The number of hydrogen-bond donors (Lipinski definition) is 2. The Morgan fingerprint density at radius 3 is 2.59 bits per heavy atom. The van der Waals surface area contributed by atoms with Crippen LogP contribution >= 0.6 is 23.2 Å². The van der Waals surface area contributed by atoms with E-state index in [1.807, 2.05) is 0 Å². The van der Waals surface area contributed by atoms with Crippen LogP contribution in [0.5, 0.6) is 0 Å². The van der Waals surface area contributed by atoms with E-state index < -0.39 is 11.3 Å². The maximum absolute atomic E-state index is 15.4. The van der Waals surface area contributed by atoms with Gasteiger partial charge < -0.3 is 10.6 Å². The van der Waals surface area contributed by atoms with Gasteiger partial charge >= 0.3 is 0 Å². The Labute approximate surface area is 238 Å². The quantitative estimate of drug-likeness (QED) is 0.247. The number of halogens is 3. The molecule has 11 heteroatoms. The summed E-state index contributed by atoms with van der Waals surface area (Å²) in [5, 5.41) is 26.1. The third kappa shape index (κ3) is 5.16. The molecule has 39 heavy (non-hydrogen) atoms. The second kappa shape index (κ2) is 9.69. The van der Waals surface area contributed by atoms with Gasteiger partial charge in [-0.3, -0.25) is 4.98 Å². The molecule has 2 aromatic heterocycles. The zero-order valence-corrected chi connectivity index (χ0v) is 23.6. The van der Waals surface area contributed by atoms with Crippen LogP contribution in [0.3, 0.4) is 0 Å². The minimum atomic E-state index is -1.71. The second-order valence-electron chi connectivity index (χ2n) is 11.5. The van der Waals surface area contributed by atoms with Crippen molar-refractivity contribution in [1.29, 1.82) is 5.26 Å². The fourth-order valence-electron chi connectivity index (χ4n) is 4.44. The van der Waals surface area contributed by atoms with Crippen LogP contribution in [-0.4, -0.2) is 34.4 Å². The molecule has 7 nitrogen and oxygen atoms in total. The molecular weight excluding hydrogens is 535 g/mol. The van der Waals surface area contributed by atoms with Crippen LogP contribution in [0.4, 0.5) is 15.8 Å². The van der Waals surface area contributed by atoms with E-state index in [2.05, 4.69) is 59.7 Å². The molecule has 0 bridgehead atoms. The van der Waals surface area contributed by atoms with E-state index in [0.717, 1.165) is 12.8 Å². The van der Waals surface area contributed by atoms with Crippen molar-refractivity contribution in [2.45, 2.75) is 51.5 Å². The molecular formula is C28H27BCl2FN7. The Balaban J connectivity index is 1.67. The van der Waals surface area contributed by atoms with Crippen LogP contribution in [0.15, 0.2) is 42.7 Å². The van der Waals surface area contributed by atoms with Crippen LogP contribution in [-0.2, 0) is 11.0 Å². The molecule has 4 aromatic rings. The Bertz CT molecular complexity index is 1600. The first-order valence-electron chi connectivity index (χ1n) is 12.6. The van der Waals surface area contributed by atoms with Gasteiger partial charge in [0.2, 0.25) is 0 Å². The minimum absolute atomic E-state index is 0.0193. The van der Waals surface area contributed by atoms with Crippen LogP contribution in [0.1, 0.15) is 57.4 Å². The standard InChI is InChI=1S/C28H27BCl2FN7/c1-26(2,3)15-35-24-16(12-33)13-34-25-18(24)10-17(11-20(25)31)36-28(29,23-19(30)6-5-7-21(23)32)22-14-39(38-37-22)27(4)8-9-27/h5-7,10-11,13-14,36H,8-9,15H2,1-4H3,(H,34,35). The molecule has 1 fully saturated rings. The molecule has 2 radical (unpaired) electrons. The van der Waals surface area contributed by atoms with Crippen molar-refractivity contribution < 1.29 is 4.39 Å². The van der Waals surface area contributed by atoms with Gasteiger partial charge in [0, 0.05) is 34.4 Å². The van der Waals surface area contributed by atoms with E-state index in [1.54, 1.807) is 29.1 Å². The Hall–Kier alpha value is -3.35. The number of anilines is 2. The highest BCUT2D eigenvalue weighted by atomic mass is 35.5. The molecule has 2 N–H and O–H groups in total. The molecule has 1 saturated carbocycles. The summed E-state index contributed by atoms with van der Waals surface area (Å²) in [4.78, 5) is 4.42. The summed E-state index contributed by atoms with van der Waals surface area (Å²) in [6.07, 6.45) is 5.13. The number of nitrogens with zero attached hydrogens (tertiary/aromatic N) is 5. The summed E-state index contributed by atoms with van der Waals surface area (Å²) in [6.45, 7) is 8.94. The summed E-state index contributed by atoms with van der Waals surface area (Å²) in [5.74, 6) is -0.600. The van der Waals surface area contributed by atoms with Gasteiger partial charge in [-0.05, 0) is 49.4 Å². The summed E-state index contributed by atoms with van der Waals surface area (Å²) in [5.41, 5.74) is 0.333. The predicted molar refractivity (Wildman–Crippen MR) is 154 cm³/mol. The number of nitriles is 1. The van der Waals surface area contributed by atoms with Gasteiger partial charge in [-0.15, -0.1) is 5.10 Å². The van der Waals surface area contributed by atoms with Gasteiger partial charge in [-0.25, -0.2) is 9.07 Å². The predicted octanol–water partition coefficient (Wildman–Crippen LogP) is 6.59. The van der Waals surface area contributed by atoms with Gasteiger partial charge in [-0.1, -0.05) is 55.3 Å². The monoisotopic (exact) mass is 561 g/mol. The van der Waals surface area contributed by atoms with Crippen LogP contribution in [0.2, 0.25) is 10.0 Å². The summed E-state index contributed by atoms with van der Waals surface area (Å²) in [6, 6.07) is 10.0. The number of pyridine rings is 1. The van der Waals surface area contributed by atoms with Gasteiger partial charge in [0.05, 0.1) is 39.0 Å². The fourth-order valence-corrected chi connectivity index (χ4v) is 5.02. The van der Waals surface area contributed by atoms with E-state index >= 15 is 4.39 Å². The SMILES string of the molecule is [B]C(Nc1cc(Cl)c2ncc(C#N)c(NCC(C)(C)C)c2c1)(c1cn(C2(C)CC2)nn1)c1c(F)cccc1Cl. The molecule has 0 aliphatic heterocycles. The van der Waals surface area contributed by atoms with E-state index in [0.29, 0.717) is 39.4 Å². The van der Waals surface area contributed by atoms with Crippen molar-refractivity contribution in [1.82, 2.24) is 20.0 Å². The van der Waals surface area contributed by atoms with E-state index in [-0.39, 0.29) is 27.2 Å². The number of nitrogens with one attached hydrogen (secondary N) is 2. The van der Waals surface area contributed by atoms with Crippen molar-refractivity contribution in [3.8, 4) is 6.07 Å². The third-order valence-corrected chi connectivity index (χ3v) is 7.57. The Morgan fingerprint density at radius 1 is 1.21 bits per heavy atom. The van der Waals surface area contributed by atoms with Crippen LogP contribution in [0, 0.1) is 22.6 Å². The minimum Gasteiger partial charge on any atom is -0.383 e. The van der Waals surface area contributed by atoms with Crippen molar-refractivity contribution in [2.75, 3.05) is 17.2 Å². The van der Waals surface area contributed by atoms with E-state index in [9.17, 15) is 5.26 Å². The molecule has 0 spiro atoms. The van der Waals surface area contributed by atoms with Crippen LogP contribution < -0.4 is 10.6 Å². The Morgan fingerprint density at radius 2 is 1.95 bits per heavy atom. The smallest absolute Gasteiger partial charge is 0.129 e. The molecule has 2 aromatic carbocycles. The molecule has 1 atom stereocenters. The number of hydrogen-bond acceptors (Lipinski definition) is 6. The third-order valence-electron chi connectivity index (χ3n) is 6.96. The number of rotatable bonds is 7. The average molecular weight is 562 g/mol. The Kier molecular flexibility index (Phi) is 6.76. The largest absolute Gasteiger partial charge is 0.383 e. The van der Waals surface area contributed by atoms with Crippen LogP contribution in [0.25, 0.3) is 10.9 Å².